The number of halogens is 2. The number of aryl methyl sites for hydroxylation is 1. The Balaban J connectivity index is 2.60. The van der Waals surface area contributed by atoms with Crippen molar-refractivity contribution in [1.29, 1.82) is 5.26 Å². The van der Waals surface area contributed by atoms with E-state index in [2.05, 4.69) is 5.10 Å². The lowest BCUT2D eigenvalue weighted by molar-refractivity contribution is 0.609. The number of rotatable bonds is 3. The summed E-state index contributed by atoms with van der Waals surface area (Å²) in [6.07, 6.45) is 1.49. The van der Waals surface area contributed by atoms with Crippen molar-refractivity contribution in [1.82, 2.24) is 9.78 Å². The third kappa shape index (κ3) is 2.09. The molecule has 0 unspecified atom stereocenters. The molecule has 18 heavy (non-hydrogen) atoms. The summed E-state index contributed by atoms with van der Waals surface area (Å²) < 4.78 is 15.0. The lowest BCUT2D eigenvalue weighted by atomic mass is 10.2. The monoisotopic (exact) mass is 263 g/mol. The second-order valence-electron chi connectivity index (χ2n) is 3.84. The van der Waals surface area contributed by atoms with Crippen LogP contribution in [0.1, 0.15) is 24.6 Å². The third-order valence-electron chi connectivity index (χ3n) is 2.58. The SMILES string of the molecule is CCCc1nn(-c2ccccc2F)c(Cl)c1C#N. The smallest absolute Gasteiger partial charge is 0.151 e. The van der Waals surface area contributed by atoms with Gasteiger partial charge < -0.3 is 0 Å². The first kappa shape index (κ1) is 12.6. The zero-order valence-electron chi connectivity index (χ0n) is 9.82. The summed E-state index contributed by atoms with van der Waals surface area (Å²) >= 11 is 6.08. The van der Waals surface area contributed by atoms with Gasteiger partial charge in [0, 0.05) is 0 Å². The second kappa shape index (κ2) is 5.19. The molecule has 0 aliphatic carbocycles. The maximum Gasteiger partial charge on any atom is 0.151 e. The molecule has 0 spiro atoms. The lowest BCUT2D eigenvalue weighted by Gasteiger charge is -2.03. The Hall–Kier alpha value is -1.86. The summed E-state index contributed by atoms with van der Waals surface area (Å²) in [6.45, 7) is 1.98. The molecule has 0 atom stereocenters. The van der Waals surface area contributed by atoms with E-state index in [1.807, 2.05) is 13.0 Å². The summed E-state index contributed by atoms with van der Waals surface area (Å²) in [7, 11) is 0. The van der Waals surface area contributed by atoms with Crippen molar-refractivity contribution in [2.75, 3.05) is 0 Å². The van der Waals surface area contributed by atoms with E-state index in [-0.39, 0.29) is 10.8 Å². The Morgan fingerprint density at radius 1 is 1.44 bits per heavy atom. The summed E-state index contributed by atoms with van der Waals surface area (Å²) in [5.74, 6) is -0.422. The summed E-state index contributed by atoms with van der Waals surface area (Å²) in [6, 6.07) is 8.22. The zero-order chi connectivity index (χ0) is 13.1. The molecule has 1 heterocycles. The fraction of sp³-hybridized carbons (Fsp3) is 0.231. The van der Waals surface area contributed by atoms with Crippen LogP contribution in [0.15, 0.2) is 24.3 Å². The highest BCUT2D eigenvalue weighted by molar-refractivity contribution is 6.31. The van der Waals surface area contributed by atoms with Crippen LogP contribution in [0.2, 0.25) is 5.15 Å². The predicted octanol–water partition coefficient (Wildman–Crippen LogP) is 3.49. The van der Waals surface area contributed by atoms with Crippen LogP contribution in [0.3, 0.4) is 0 Å². The van der Waals surface area contributed by atoms with Crippen LogP contribution in [-0.4, -0.2) is 9.78 Å². The Labute approximate surface area is 109 Å². The highest BCUT2D eigenvalue weighted by Gasteiger charge is 2.18. The van der Waals surface area contributed by atoms with Crippen LogP contribution in [0, 0.1) is 17.1 Å². The molecule has 5 heteroatoms. The van der Waals surface area contributed by atoms with Crippen molar-refractivity contribution in [2.45, 2.75) is 19.8 Å². The fourth-order valence-corrected chi connectivity index (χ4v) is 2.03. The maximum absolute atomic E-state index is 13.7. The molecule has 92 valence electrons. The van der Waals surface area contributed by atoms with Gasteiger partial charge in [0.25, 0.3) is 0 Å². The van der Waals surface area contributed by atoms with Crippen molar-refractivity contribution < 1.29 is 4.39 Å². The first-order chi connectivity index (χ1) is 8.69. The van der Waals surface area contributed by atoms with Gasteiger partial charge in [-0.3, -0.25) is 0 Å². The Morgan fingerprint density at radius 3 is 2.78 bits per heavy atom. The summed E-state index contributed by atoms with van der Waals surface area (Å²) in [5.41, 5.74) is 1.18. The summed E-state index contributed by atoms with van der Waals surface area (Å²) in [5, 5.41) is 13.5. The summed E-state index contributed by atoms with van der Waals surface area (Å²) in [4.78, 5) is 0. The standard InChI is InChI=1S/C13H11ClFN3/c1-2-5-11-9(8-16)13(14)18(17-11)12-7-4-3-6-10(12)15/h3-4,6-7H,2,5H2,1H3. The molecule has 0 aliphatic heterocycles. The van der Waals surface area contributed by atoms with Crippen LogP contribution < -0.4 is 0 Å². The molecule has 0 saturated carbocycles. The van der Waals surface area contributed by atoms with E-state index in [0.717, 1.165) is 6.42 Å². The van der Waals surface area contributed by atoms with Gasteiger partial charge in [0.15, 0.2) is 5.15 Å². The normalized spacial score (nSPS) is 10.3. The predicted molar refractivity (Wildman–Crippen MR) is 67.2 cm³/mol. The molecular formula is C13H11ClFN3. The van der Waals surface area contributed by atoms with Crippen LogP contribution in [0.5, 0.6) is 0 Å². The molecule has 0 N–H and O–H groups in total. The van der Waals surface area contributed by atoms with E-state index in [4.69, 9.17) is 16.9 Å². The molecule has 0 aliphatic rings. The molecule has 0 fully saturated rings. The van der Waals surface area contributed by atoms with Gasteiger partial charge in [0.1, 0.15) is 23.1 Å². The number of hydrogen-bond donors (Lipinski definition) is 0. The van der Waals surface area contributed by atoms with Gasteiger partial charge in [-0.2, -0.15) is 10.4 Å². The first-order valence-corrected chi connectivity index (χ1v) is 5.99. The molecule has 0 saturated heterocycles. The average Bonchev–Trinajstić information content (AvgIpc) is 2.67. The van der Waals surface area contributed by atoms with Crippen molar-refractivity contribution in [2.24, 2.45) is 0 Å². The lowest BCUT2D eigenvalue weighted by Crippen LogP contribution is -2.00. The maximum atomic E-state index is 13.7. The molecule has 1 aromatic heterocycles. The largest absolute Gasteiger partial charge is 0.218 e. The number of hydrogen-bond acceptors (Lipinski definition) is 2. The average molecular weight is 264 g/mol. The third-order valence-corrected chi connectivity index (χ3v) is 2.93. The molecule has 3 nitrogen and oxygen atoms in total. The molecular weight excluding hydrogens is 253 g/mol. The van der Waals surface area contributed by atoms with Gasteiger partial charge in [0.05, 0.1) is 5.69 Å². The van der Waals surface area contributed by atoms with Crippen LogP contribution in [0.4, 0.5) is 4.39 Å². The quantitative estimate of drug-likeness (QED) is 0.851. The van der Waals surface area contributed by atoms with E-state index in [1.165, 1.54) is 10.7 Å². The minimum absolute atomic E-state index is 0.158. The number of para-hydroxylation sites is 1. The van der Waals surface area contributed by atoms with Crippen molar-refractivity contribution in [3.8, 4) is 11.8 Å². The number of benzene rings is 1. The van der Waals surface area contributed by atoms with Crippen molar-refractivity contribution in [3.05, 3.63) is 46.5 Å². The molecule has 0 amide bonds. The van der Waals surface area contributed by atoms with Crippen molar-refractivity contribution >= 4 is 11.6 Å². The van der Waals surface area contributed by atoms with E-state index in [9.17, 15) is 4.39 Å². The van der Waals surface area contributed by atoms with E-state index >= 15 is 0 Å². The number of aromatic nitrogens is 2. The topological polar surface area (TPSA) is 41.6 Å². The van der Waals surface area contributed by atoms with Crippen molar-refractivity contribution in [3.63, 3.8) is 0 Å². The van der Waals surface area contributed by atoms with E-state index in [0.29, 0.717) is 17.7 Å². The van der Waals surface area contributed by atoms with Gasteiger partial charge in [-0.25, -0.2) is 9.07 Å². The van der Waals surface area contributed by atoms with E-state index < -0.39 is 5.82 Å². The van der Waals surface area contributed by atoms with Gasteiger partial charge in [0.2, 0.25) is 0 Å². The Bertz CT molecular complexity index is 613. The Morgan fingerprint density at radius 2 is 2.17 bits per heavy atom. The zero-order valence-corrected chi connectivity index (χ0v) is 10.6. The van der Waals surface area contributed by atoms with Crippen LogP contribution in [0.25, 0.3) is 5.69 Å². The molecule has 1 aromatic carbocycles. The minimum Gasteiger partial charge on any atom is -0.218 e. The van der Waals surface area contributed by atoms with Gasteiger partial charge in [-0.1, -0.05) is 37.1 Å². The van der Waals surface area contributed by atoms with Gasteiger partial charge in [-0.05, 0) is 18.6 Å². The minimum atomic E-state index is -0.422. The molecule has 0 bridgehead atoms. The highest BCUT2D eigenvalue weighted by Crippen LogP contribution is 2.25. The fourth-order valence-electron chi connectivity index (χ4n) is 1.75. The number of nitrogens with zero attached hydrogens (tertiary/aromatic N) is 3. The second-order valence-corrected chi connectivity index (χ2v) is 4.20. The molecule has 0 radical (unpaired) electrons. The Kier molecular flexibility index (Phi) is 3.63. The van der Waals surface area contributed by atoms with Gasteiger partial charge in [-0.15, -0.1) is 0 Å². The highest BCUT2D eigenvalue weighted by atomic mass is 35.5. The van der Waals surface area contributed by atoms with Gasteiger partial charge >= 0.3 is 0 Å². The molecule has 2 rings (SSSR count). The first-order valence-electron chi connectivity index (χ1n) is 5.61. The van der Waals surface area contributed by atoms with Crippen LogP contribution >= 0.6 is 11.6 Å². The van der Waals surface area contributed by atoms with E-state index in [1.54, 1.807) is 18.2 Å². The number of nitriles is 1. The molecule has 2 aromatic rings. The van der Waals surface area contributed by atoms with Crippen LogP contribution in [-0.2, 0) is 6.42 Å².